The van der Waals surface area contributed by atoms with Gasteiger partial charge in [-0.05, 0) is 19.1 Å². The fourth-order valence-corrected chi connectivity index (χ4v) is 2.36. The van der Waals surface area contributed by atoms with Crippen molar-refractivity contribution < 1.29 is 42.2 Å². The minimum absolute atomic E-state index is 0. The number of nitrogens with zero attached hydrogens (tertiary/aromatic N) is 1. The number of amides is 1. The van der Waals surface area contributed by atoms with E-state index in [2.05, 4.69) is 12.7 Å². The van der Waals surface area contributed by atoms with Crippen LogP contribution in [0.2, 0.25) is 0 Å². The molecule has 1 heterocycles. The van der Waals surface area contributed by atoms with Gasteiger partial charge in [-0.3, -0.25) is 4.79 Å². The van der Waals surface area contributed by atoms with Gasteiger partial charge in [-0.25, -0.2) is 6.08 Å². The first-order valence-electron chi connectivity index (χ1n) is 6.93. The van der Waals surface area contributed by atoms with Crippen molar-refractivity contribution in [3.8, 4) is 5.75 Å². The molecule has 1 aliphatic heterocycles. The van der Waals surface area contributed by atoms with E-state index in [1.807, 2.05) is 32.0 Å². The van der Waals surface area contributed by atoms with Crippen molar-refractivity contribution >= 4 is 11.6 Å². The Balaban J connectivity index is 0.00000220. The van der Waals surface area contributed by atoms with Crippen LogP contribution in [0.25, 0.3) is 5.70 Å². The van der Waals surface area contributed by atoms with E-state index in [1.165, 1.54) is 0 Å². The molecule has 21 heavy (non-hydrogen) atoms. The summed E-state index contributed by atoms with van der Waals surface area (Å²) in [5.41, 5.74) is 3.03. The number of carbonyl (C=O) groups is 1. The summed E-state index contributed by atoms with van der Waals surface area (Å²) in [6.07, 6.45) is 6.30. The second kappa shape index (κ2) is 8.50. The number of rotatable bonds is 5. The van der Waals surface area contributed by atoms with Gasteiger partial charge in [-0.2, -0.15) is 0 Å². The van der Waals surface area contributed by atoms with Gasteiger partial charge in [0.15, 0.2) is 0 Å². The van der Waals surface area contributed by atoms with Gasteiger partial charge in [-0.1, -0.05) is 19.6 Å². The van der Waals surface area contributed by atoms with Gasteiger partial charge < -0.3 is 9.64 Å². The standard InChI is InChI=1S/C17H20NO2.Y/c1-4-11-20-14-9-10-15(13(3)12-14)16-7-6-8-17(19)18(16)5-2;/h4,9-10,12H,1,5-6,8,11H2,2-3H3;/q-1;. The Morgan fingerprint density at radius 1 is 1.48 bits per heavy atom. The van der Waals surface area contributed by atoms with Gasteiger partial charge in [0.2, 0.25) is 5.91 Å². The third kappa shape index (κ3) is 4.27. The summed E-state index contributed by atoms with van der Waals surface area (Å²) in [4.78, 5) is 13.8. The van der Waals surface area contributed by atoms with E-state index in [1.54, 1.807) is 11.0 Å². The number of benzene rings is 1. The minimum atomic E-state index is 0. The van der Waals surface area contributed by atoms with E-state index in [9.17, 15) is 4.79 Å². The first kappa shape index (κ1) is 18.1. The Morgan fingerprint density at radius 2 is 2.24 bits per heavy atom. The molecule has 0 bridgehead atoms. The molecule has 4 heteroatoms. The minimum Gasteiger partial charge on any atom is -0.490 e. The van der Waals surface area contributed by atoms with E-state index >= 15 is 0 Å². The van der Waals surface area contributed by atoms with Crippen molar-refractivity contribution in [2.24, 2.45) is 0 Å². The Kier molecular flexibility index (Phi) is 7.34. The number of aryl methyl sites for hydroxylation is 1. The number of hydrogen-bond donors (Lipinski definition) is 0. The summed E-state index contributed by atoms with van der Waals surface area (Å²) in [6.45, 7) is 8.82. The van der Waals surface area contributed by atoms with Crippen LogP contribution in [-0.2, 0) is 37.5 Å². The Bertz CT molecular complexity index is 552. The number of ether oxygens (including phenoxy) is 1. The fourth-order valence-electron chi connectivity index (χ4n) is 2.36. The maximum Gasteiger partial charge on any atom is 0.223 e. The molecule has 0 unspecified atom stereocenters. The van der Waals surface area contributed by atoms with Crippen LogP contribution in [0, 0.1) is 13.0 Å². The molecule has 0 atom stereocenters. The Hall–Kier alpha value is -0.926. The average Bonchev–Trinajstić information content (AvgIpc) is 2.45. The molecule has 2 rings (SSSR count). The molecule has 1 amide bonds. The second-order valence-corrected chi connectivity index (χ2v) is 4.74. The second-order valence-electron chi connectivity index (χ2n) is 4.74. The van der Waals surface area contributed by atoms with E-state index in [0.717, 1.165) is 22.6 Å². The van der Waals surface area contributed by atoms with Crippen molar-refractivity contribution in [3.05, 3.63) is 48.1 Å². The molecule has 0 N–H and O–H groups in total. The molecular formula is C17H20NO2Y-. The van der Waals surface area contributed by atoms with Crippen molar-refractivity contribution in [2.75, 3.05) is 13.2 Å². The molecule has 0 saturated carbocycles. The first-order valence-corrected chi connectivity index (χ1v) is 6.93. The van der Waals surface area contributed by atoms with Crippen LogP contribution < -0.4 is 4.74 Å². The number of carbonyl (C=O) groups excluding carboxylic acids is 1. The van der Waals surface area contributed by atoms with Crippen molar-refractivity contribution in [3.63, 3.8) is 0 Å². The summed E-state index contributed by atoms with van der Waals surface area (Å²) < 4.78 is 5.52. The van der Waals surface area contributed by atoms with Gasteiger partial charge in [0.1, 0.15) is 12.4 Å². The molecule has 3 nitrogen and oxygen atoms in total. The quantitative estimate of drug-likeness (QED) is 0.596. The van der Waals surface area contributed by atoms with Crippen LogP contribution in [0.1, 0.15) is 30.9 Å². The Labute approximate surface area is 151 Å². The zero-order valence-electron chi connectivity index (χ0n) is 12.7. The molecule has 1 aromatic carbocycles. The number of hydrogen-bond acceptors (Lipinski definition) is 2. The average molecular weight is 359 g/mol. The smallest absolute Gasteiger partial charge is 0.223 e. The topological polar surface area (TPSA) is 29.5 Å². The summed E-state index contributed by atoms with van der Waals surface area (Å²) in [5, 5.41) is 0. The summed E-state index contributed by atoms with van der Waals surface area (Å²) in [5.74, 6) is 0.990. The van der Waals surface area contributed by atoms with Crippen LogP contribution in [0.4, 0.5) is 0 Å². The molecule has 0 fully saturated rings. The van der Waals surface area contributed by atoms with Crippen LogP contribution in [0.3, 0.4) is 0 Å². The maximum atomic E-state index is 12.0. The molecule has 0 spiro atoms. The van der Waals surface area contributed by atoms with Gasteiger partial charge in [0.25, 0.3) is 0 Å². The van der Waals surface area contributed by atoms with E-state index < -0.39 is 0 Å². The molecule has 1 radical (unpaired) electrons. The van der Waals surface area contributed by atoms with Crippen molar-refractivity contribution in [1.82, 2.24) is 4.90 Å². The monoisotopic (exact) mass is 359 g/mol. The van der Waals surface area contributed by atoms with Crippen LogP contribution in [0.5, 0.6) is 5.75 Å². The normalized spacial score (nSPS) is 14.3. The van der Waals surface area contributed by atoms with Crippen molar-refractivity contribution in [1.29, 1.82) is 0 Å². The summed E-state index contributed by atoms with van der Waals surface area (Å²) >= 11 is 0. The summed E-state index contributed by atoms with van der Waals surface area (Å²) in [7, 11) is 0. The van der Waals surface area contributed by atoms with Gasteiger partial charge in [0.05, 0.1) is 0 Å². The van der Waals surface area contributed by atoms with Gasteiger partial charge in [0, 0.05) is 45.7 Å². The van der Waals surface area contributed by atoms with Crippen LogP contribution in [0.15, 0.2) is 30.9 Å². The zero-order chi connectivity index (χ0) is 14.5. The predicted octanol–water partition coefficient (Wildman–Crippen LogP) is 3.34. The molecular weight excluding hydrogens is 339 g/mol. The summed E-state index contributed by atoms with van der Waals surface area (Å²) in [6, 6.07) is 5.91. The molecule has 1 aromatic rings. The number of allylic oxidation sites excluding steroid dienone is 1. The third-order valence-corrected chi connectivity index (χ3v) is 3.34. The van der Waals surface area contributed by atoms with Gasteiger partial charge >= 0.3 is 0 Å². The molecule has 109 valence electrons. The molecule has 1 aliphatic rings. The molecule has 0 aliphatic carbocycles. The first-order chi connectivity index (χ1) is 9.67. The van der Waals surface area contributed by atoms with Crippen molar-refractivity contribution in [2.45, 2.75) is 26.7 Å². The maximum absolute atomic E-state index is 12.0. The molecule has 0 aromatic heterocycles. The fraction of sp³-hybridized carbons (Fsp3) is 0.353. The Morgan fingerprint density at radius 3 is 2.86 bits per heavy atom. The molecule has 0 saturated heterocycles. The SMILES string of the molecule is C=CCOc1ccc(C2=[C-]CCC(=O)N2CC)c(C)c1.[Y]. The largest absolute Gasteiger partial charge is 0.490 e. The van der Waals surface area contributed by atoms with E-state index in [0.29, 0.717) is 26.0 Å². The third-order valence-electron chi connectivity index (χ3n) is 3.34. The van der Waals surface area contributed by atoms with Gasteiger partial charge in [-0.15, -0.1) is 29.3 Å². The predicted molar refractivity (Wildman–Crippen MR) is 80.1 cm³/mol. The van der Waals surface area contributed by atoms with E-state index in [4.69, 9.17) is 4.74 Å². The van der Waals surface area contributed by atoms with E-state index in [-0.39, 0.29) is 38.6 Å². The zero-order valence-corrected chi connectivity index (χ0v) is 15.5. The van der Waals surface area contributed by atoms with Crippen LogP contribution in [-0.4, -0.2) is 24.0 Å². The van der Waals surface area contributed by atoms with Crippen LogP contribution >= 0.6 is 0 Å².